The maximum atomic E-state index is 10.7. The number of hydrogen-bond donors (Lipinski definition) is 1. The van der Waals surface area contributed by atoms with Gasteiger partial charge in [-0.15, -0.1) is 24.8 Å². The molecule has 0 aromatic carbocycles. The molecule has 0 radical (unpaired) electrons. The maximum absolute atomic E-state index is 10.7. The Hall–Kier alpha value is -0.190. The lowest BCUT2D eigenvalue weighted by molar-refractivity contribution is 0.0996. The minimum atomic E-state index is -0.775. The van der Waals surface area contributed by atoms with Gasteiger partial charge in [0.15, 0.2) is 0 Å². The van der Waals surface area contributed by atoms with Crippen LogP contribution in [0.2, 0.25) is 0 Å². The molecular formula is C10H22Cl2N2O2. The molecular weight excluding hydrogens is 251 g/mol. The largest absolute Gasteiger partial charge is 0.465 e. The number of carbonyl (C=O) groups is 1. The molecule has 0 aromatic rings. The van der Waals surface area contributed by atoms with E-state index in [9.17, 15) is 4.79 Å². The highest BCUT2D eigenvalue weighted by Gasteiger charge is 2.24. The first-order valence-electron chi connectivity index (χ1n) is 5.41. The highest BCUT2D eigenvalue weighted by atomic mass is 35.5. The summed E-state index contributed by atoms with van der Waals surface area (Å²) in [5.74, 6) is 0. The smallest absolute Gasteiger partial charge is 0.407 e. The Morgan fingerprint density at radius 3 is 2.00 bits per heavy atom. The highest BCUT2D eigenvalue weighted by Crippen LogP contribution is 2.15. The Morgan fingerprint density at radius 1 is 1.25 bits per heavy atom. The first kappa shape index (κ1) is 18.2. The van der Waals surface area contributed by atoms with E-state index >= 15 is 0 Å². The van der Waals surface area contributed by atoms with Gasteiger partial charge in [0.1, 0.15) is 0 Å². The Balaban J connectivity index is 0. The predicted octanol–water partition coefficient (Wildman–Crippen LogP) is 2.31. The van der Waals surface area contributed by atoms with Crippen LogP contribution in [0.25, 0.3) is 0 Å². The second-order valence-electron chi connectivity index (χ2n) is 3.72. The molecule has 98 valence electrons. The lowest BCUT2D eigenvalue weighted by Crippen LogP contribution is -2.46. The van der Waals surface area contributed by atoms with Crippen LogP contribution in [-0.4, -0.2) is 53.2 Å². The molecule has 0 bridgehead atoms. The predicted molar refractivity (Wildman–Crippen MR) is 70.0 cm³/mol. The van der Waals surface area contributed by atoms with E-state index < -0.39 is 6.09 Å². The van der Waals surface area contributed by atoms with Gasteiger partial charge in [0.2, 0.25) is 0 Å². The fourth-order valence-corrected chi connectivity index (χ4v) is 2.16. The molecule has 1 heterocycles. The summed E-state index contributed by atoms with van der Waals surface area (Å²) in [7, 11) is 0. The number of carboxylic acid groups (broad SMARTS) is 1. The van der Waals surface area contributed by atoms with Crippen molar-refractivity contribution in [2.75, 3.05) is 26.2 Å². The lowest BCUT2D eigenvalue weighted by atomic mass is 10.0. The first-order valence-corrected chi connectivity index (χ1v) is 5.41. The number of hydrogen-bond acceptors (Lipinski definition) is 2. The third-order valence-corrected chi connectivity index (χ3v) is 3.06. The van der Waals surface area contributed by atoms with E-state index in [1.807, 2.05) is 0 Å². The quantitative estimate of drug-likeness (QED) is 0.858. The van der Waals surface area contributed by atoms with Crippen LogP contribution in [0.3, 0.4) is 0 Å². The van der Waals surface area contributed by atoms with Gasteiger partial charge in [0, 0.05) is 19.1 Å². The van der Waals surface area contributed by atoms with Crippen LogP contribution in [0, 0.1) is 0 Å². The molecule has 1 rings (SSSR count). The summed E-state index contributed by atoms with van der Waals surface area (Å²) in [6.45, 7) is 7.83. The summed E-state index contributed by atoms with van der Waals surface area (Å²) in [6, 6.07) is 0.584. The van der Waals surface area contributed by atoms with Crippen LogP contribution in [-0.2, 0) is 0 Å². The normalized spacial score (nSPS) is 16.6. The topological polar surface area (TPSA) is 43.8 Å². The highest BCUT2D eigenvalue weighted by molar-refractivity contribution is 5.85. The van der Waals surface area contributed by atoms with Gasteiger partial charge in [-0.2, -0.15) is 0 Å². The van der Waals surface area contributed by atoms with Crippen LogP contribution in [0.4, 0.5) is 4.79 Å². The Bertz CT molecular complexity index is 193. The first-order chi connectivity index (χ1) is 6.69. The zero-order chi connectivity index (χ0) is 10.6. The number of piperidine rings is 1. The van der Waals surface area contributed by atoms with Crippen LogP contribution >= 0.6 is 24.8 Å². The Kier molecular flexibility index (Phi) is 10.1. The maximum Gasteiger partial charge on any atom is 0.407 e. The third-order valence-electron chi connectivity index (χ3n) is 3.06. The fourth-order valence-electron chi connectivity index (χ4n) is 2.16. The van der Waals surface area contributed by atoms with Gasteiger partial charge in [-0.25, -0.2) is 4.79 Å². The molecule has 0 saturated carbocycles. The van der Waals surface area contributed by atoms with E-state index in [0.29, 0.717) is 19.1 Å². The summed E-state index contributed by atoms with van der Waals surface area (Å²) in [5.41, 5.74) is 0. The Labute approximate surface area is 110 Å². The SMILES string of the molecule is CCN(CC)C1CCN(C(=O)O)CC1.Cl.Cl. The lowest BCUT2D eigenvalue weighted by Gasteiger charge is -2.36. The molecule has 1 fully saturated rings. The van der Waals surface area contributed by atoms with Gasteiger partial charge < -0.3 is 14.9 Å². The molecule has 6 heteroatoms. The third kappa shape index (κ3) is 4.76. The van der Waals surface area contributed by atoms with Crippen molar-refractivity contribution in [3.8, 4) is 0 Å². The second-order valence-corrected chi connectivity index (χ2v) is 3.72. The average molecular weight is 273 g/mol. The molecule has 0 unspecified atom stereocenters. The fraction of sp³-hybridized carbons (Fsp3) is 0.900. The molecule has 16 heavy (non-hydrogen) atoms. The van der Waals surface area contributed by atoms with E-state index in [1.54, 1.807) is 0 Å². The van der Waals surface area contributed by atoms with Crippen molar-refractivity contribution in [2.24, 2.45) is 0 Å². The molecule has 0 atom stereocenters. The van der Waals surface area contributed by atoms with Gasteiger partial charge in [0.05, 0.1) is 0 Å². The summed E-state index contributed by atoms with van der Waals surface area (Å²) in [4.78, 5) is 14.6. The van der Waals surface area contributed by atoms with Crippen LogP contribution < -0.4 is 0 Å². The molecule has 0 aliphatic carbocycles. The number of amides is 1. The van der Waals surface area contributed by atoms with Crippen LogP contribution in [0.15, 0.2) is 0 Å². The molecule has 1 saturated heterocycles. The van der Waals surface area contributed by atoms with Gasteiger partial charge in [-0.1, -0.05) is 13.8 Å². The van der Waals surface area contributed by atoms with E-state index in [-0.39, 0.29) is 24.8 Å². The van der Waals surface area contributed by atoms with Crippen molar-refractivity contribution in [1.82, 2.24) is 9.80 Å². The van der Waals surface area contributed by atoms with Gasteiger partial charge in [-0.3, -0.25) is 0 Å². The summed E-state index contributed by atoms with van der Waals surface area (Å²) < 4.78 is 0. The van der Waals surface area contributed by atoms with Crippen LogP contribution in [0.5, 0.6) is 0 Å². The zero-order valence-corrected chi connectivity index (χ0v) is 11.5. The molecule has 1 amide bonds. The van der Waals surface area contributed by atoms with Gasteiger partial charge in [-0.05, 0) is 25.9 Å². The van der Waals surface area contributed by atoms with Crippen molar-refractivity contribution in [1.29, 1.82) is 0 Å². The van der Waals surface area contributed by atoms with E-state index in [0.717, 1.165) is 25.9 Å². The van der Waals surface area contributed by atoms with E-state index in [2.05, 4.69) is 18.7 Å². The molecule has 0 aromatic heterocycles. The van der Waals surface area contributed by atoms with Crippen molar-refractivity contribution in [3.63, 3.8) is 0 Å². The summed E-state index contributed by atoms with van der Waals surface area (Å²) in [5, 5.41) is 8.79. The van der Waals surface area contributed by atoms with Crippen molar-refractivity contribution >= 4 is 30.9 Å². The van der Waals surface area contributed by atoms with Crippen molar-refractivity contribution in [3.05, 3.63) is 0 Å². The minimum Gasteiger partial charge on any atom is -0.465 e. The van der Waals surface area contributed by atoms with E-state index in [1.165, 1.54) is 4.90 Å². The second kappa shape index (κ2) is 8.90. The number of rotatable bonds is 3. The summed E-state index contributed by atoms with van der Waals surface area (Å²) >= 11 is 0. The van der Waals surface area contributed by atoms with Gasteiger partial charge in [0.25, 0.3) is 0 Å². The van der Waals surface area contributed by atoms with Crippen molar-refractivity contribution < 1.29 is 9.90 Å². The van der Waals surface area contributed by atoms with Gasteiger partial charge >= 0.3 is 6.09 Å². The number of likely N-dealkylation sites (tertiary alicyclic amines) is 1. The number of nitrogens with zero attached hydrogens (tertiary/aromatic N) is 2. The Morgan fingerprint density at radius 2 is 1.69 bits per heavy atom. The molecule has 0 spiro atoms. The average Bonchev–Trinajstić information content (AvgIpc) is 2.20. The molecule has 1 aliphatic heterocycles. The number of halogens is 2. The van der Waals surface area contributed by atoms with E-state index in [4.69, 9.17) is 5.11 Å². The monoisotopic (exact) mass is 272 g/mol. The summed E-state index contributed by atoms with van der Waals surface area (Å²) in [6.07, 6.45) is 1.19. The zero-order valence-electron chi connectivity index (χ0n) is 9.89. The van der Waals surface area contributed by atoms with Crippen LogP contribution in [0.1, 0.15) is 26.7 Å². The molecule has 4 nitrogen and oxygen atoms in total. The molecule has 1 N–H and O–H groups in total. The standard InChI is InChI=1S/C10H20N2O2.2ClH/c1-3-11(4-2)9-5-7-12(8-6-9)10(13)14;;/h9H,3-8H2,1-2H3,(H,13,14);2*1H. The minimum absolute atomic E-state index is 0. The van der Waals surface area contributed by atoms with Crippen molar-refractivity contribution in [2.45, 2.75) is 32.7 Å². The molecule has 1 aliphatic rings.